The first-order valence-corrected chi connectivity index (χ1v) is 10.5. The number of hydrogen-bond acceptors (Lipinski definition) is 5. The molecule has 1 aromatic carbocycles. The zero-order chi connectivity index (χ0) is 20.7. The molecular weight excluding hydrogens is 380 g/mol. The maximum absolute atomic E-state index is 13.5. The lowest BCUT2D eigenvalue weighted by Gasteiger charge is -2.35. The van der Waals surface area contributed by atoms with Gasteiger partial charge in [-0.25, -0.2) is 0 Å². The van der Waals surface area contributed by atoms with Gasteiger partial charge in [0.2, 0.25) is 0 Å². The van der Waals surface area contributed by atoms with Crippen molar-refractivity contribution >= 4 is 11.7 Å². The Labute approximate surface area is 175 Å². The number of Topliss-reactive ketones (excluding diaryl/α,β-unsaturated/α-hetero) is 1. The van der Waals surface area contributed by atoms with E-state index in [1.165, 1.54) is 0 Å². The summed E-state index contributed by atoms with van der Waals surface area (Å²) < 4.78 is 11.5. The molecule has 2 aliphatic heterocycles. The van der Waals surface area contributed by atoms with Crippen LogP contribution in [-0.4, -0.2) is 34.8 Å². The molecule has 0 saturated heterocycles. The number of rotatable bonds is 4. The Morgan fingerprint density at radius 1 is 1.13 bits per heavy atom. The highest BCUT2D eigenvalue weighted by Crippen LogP contribution is 2.47. The topological polar surface area (TPSA) is 68.7 Å². The molecule has 2 aromatic rings. The molecule has 0 spiro atoms. The molecule has 0 radical (unpaired) electrons. The Hall–Kier alpha value is -3.15. The number of ketones is 1. The van der Waals surface area contributed by atoms with Crippen LogP contribution in [-0.2, 0) is 20.9 Å². The molecule has 3 unspecified atom stereocenters. The largest absolute Gasteiger partial charge is 0.497 e. The zero-order valence-corrected chi connectivity index (χ0v) is 16.9. The van der Waals surface area contributed by atoms with E-state index >= 15 is 0 Å². The van der Waals surface area contributed by atoms with Crippen LogP contribution in [0.15, 0.2) is 60.1 Å². The lowest BCUT2D eigenvalue weighted by molar-refractivity contribution is -0.135. The van der Waals surface area contributed by atoms with E-state index in [0.29, 0.717) is 12.1 Å². The predicted molar refractivity (Wildman–Crippen MR) is 109 cm³/mol. The molecule has 30 heavy (non-hydrogen) atoms. The fraction of sp³-hybridized carbons (Fsp3) is 0.375. The van der Waals surface area contributed by atoms with E-state index in [-0.39, 0.29) is 29.5 Å². The Morgan fingerprint density at radius 2 is 1.93 bits per heavy atom. The number of methoxy groups -OCH3 is 1. The molecule has 154 valence electrons. The van der Waals surface area contributed by atoms with Gasteiger partial charge >= 0.3 is 0 Å². The Morgan fingerprint density at radius 3 is 2.67 bits per heavy atom. The first kappa shape index (κ1) is 18.9. The number of fused-ring (bicyclic) bond motifs is 1. The van der Waals surface area contributed by atoms with Gasteiger partial charge in [0.25, 0.3) is 5.91 Å². The van der Waals surface area contributed by atoms with Crippen molar-refractivity contribution in [3.8, 4) is 5.75 Å². The van der Waals surface area contributed by atoms with Gasteiger partial charge in [-0.3, -0.25) is 14.6 Å². The van der Waals surface area contributed by atoms with Gasteiger partial charge in [0.1, 0.15) is 11.9 Å². The van der Waals surface area contributed by atoms with E-state index in [1.807, 2.05) is 36.4 Å². The summed E-state index contributed by atoms with van der Waals surface area (Å²) in [7, 11) is 1.62. The van der Waals surface area contributed by atoms with Crippen molar-refractivity contribution in [1.82, 2.24) is 9.88 Å². The second-order valence-corrected chi connectivity index (χ2v) is 8.12. The summed E-state index contributed by atoms with van der Waals surface area (Å²) in [4.78, 5) is 32.9. The highest BCUT2D eigenvalue weighted by Gasteiger charge is 2.51. The molecule has 3 heterocycles. The molecule has 1 fully saturated rings. The average Bonchev–Trinajstić information content (AvgIpc) is 3.06. The highest BCUT2D eigenvalue weighted by molar-refractivity contribution is 6.11. The number of pyridine rings is 1. The highest BCUT2D eigenvalue weighted by atomic mass is 16.5. The summed E-state index contributed by atoms with van der Waals surface area (Å²) in [6, 6.07) is 10.9. The summed E-state index contributed by atoms with van der Waals surface area (Å²) >= 11 is 0. The molecule has 5 rings (SSSR count). The van der Waals surface area contributed by atoms with Crippen molar-refractivity contribution in [1.29, 1.82) is 0 Å². The maximum atomic E-state index is 13.5. The summed E-state index contributed by atoms with van der Waals surface area (Å²) in [6.07, 6.45) is 6.99. The molecule has 1 saturated carbocycles. The van der Waals surface area contributed by atoms with Crippen LogP contribution < -0.4 is 4.74 Å². The number of aromatic nitrogens is 1. The monoisotopic (exact) mass is 404 g/mol. The maximum Gasteiger partial charge on any atom is 0.290 e. The van der Waals surface area contributed by atoms with Gasteiger partial charge in [0.15, 0.2) is 11.5 Å². The van der Waals surface area contributed by atoms with Crippen LogP contribution in [0.2, 0.25) is 0 Å². The minimum atomic E-state index is -0.464. The number of ether oxygens (including phenoxy) is 2. The van der Waals surface area contributed by atoms with Crippen LogP contribution in [0.4, 0.5) is 0 Å². The fourth-order valence-electron chi connectivity index (χ4n) is 4.88. The number of nitrogens with zero attached hydrogens (tertiary/aromatic N) is 2. The molecule has 3 aliphatic rings. The average molecular weight is 404 g/mol. The Kier molecular flexibility index (Phi) is 4.77. The van der Waals surface area contributed by atoms with E-state index in [4.69, 9.17) is 9.47 Å². The number of hydrogen-bond donors (Lipinski definition) is 0. The summed E-state index contributed by atoms with van der Waals surface area (Å²) in [5.41, 5.74) is 2.30. The van der Waals surface area contributed by atoms with E-state index in [2.05, 4.69) is 4.98 Å². The van der Waals surface area contributed by atoms with Gasteiger partial charge in [-0.05, 0) is 48.6 Å². The summed E-state index contributed by atoms with van der Waals surface area (Å²) in [6.45, 7) is 0.363. The van der Waals surface area contributed by atoms with E-state index in [9.17, 15) is 9.59 Å². The van der Waals surface area contributed by atoms with Gasteiger partial charge in [0, 0.05) is 18.9 Å². The van der Waals surface area contributed by atoms with Crippen molar-refractivity contribution in [3.05, 3.63) is 71.3 Å². The van der Waals surface area contributed by atoms with Crippen LogP contribution in [0.1, 0.15) is 42.9 Å². The minimum absolute atomic E-state index is 0.0730. The number of benzene rings is 1. The number of carbonyl (C=O) groups is 2. The van der Waals surface area contributed by atoms with E-state index in [0.717, 1.165) is 42.6 Å². The third-order valence-corrected chi connectivity index (χ3v) is 6.37. The van der Waals surface area contributed by atoms with Gasteiger partial charge in [-0.1, -0.05) is 24.6 Å². The number of amides is 1. The minimum Gasteiger partial charge on any atom is -0.497 e. The standard InChI is InChI=1S/C24H24N2O4/c1-29-17-10-8-16(9-11-17)21-20-22(27)18-6-2-3-7-19(18)30-23(20)24(28)26(21)14-15-5-4-12-25-13-15/h4-5,8-13,18-19,21H,2-3,6-7,14H2,1H3. The van der Waals surface area contributed by atoms with Crippen molar-refractivity contribution < 1.29 is 19.1 Å². The molecule has 6 heteroatoms. The third kappa shape index (κ3) is 3.07. The van der Waals surface area contributed by atoms with Gasteiger partial charge in [-0.15, -0.1) is 0 Å². The SMILES string of the molecule is COc1ccc(C2C3=C(OC4CCCCC4C3=O)C(=O)N2Cc2cccnc2)cc1. The number of carbonyl (C=O) groups excluding carboxylic acids is 2. The smallest absolute Gasteiger partial charge is 0.290 e. The first-order valence-electron chi connectivity index (χ1n) is 10.5. The van der Waals surface area contributed by atoms with Gasteiger partial charge in [-0.2, -0.15) is 0 Å². The van der Waals surface area contributed by atoms with Crippen molar-refractivity contribution in [3.63, 3.8) is 0 Å². The van der Waals surface area contributed by atoms with E-state index < -0.39 is 6.04 Å². The molecule has 1 aliphatic carbocycles. The van der Waals surface area contributed by atoms with Gasteiger partial charge < -0.3 is 14.4 Å². The second kappa shape index (κ2) is 7.59. The third-order valence-electron chi connectivity index (χ3n) is 6.37. The molecule has 6 nitrogen and oxygen atoms in total. The lowest BCUT2D eigenvalue weighted by Crippen LogP contribution is -2.39. The van der Waals surface area contributed by atoms with Crippen molar-refractivity contribution in [2.75, 3.05) is 7.11 Å². The first-order chi connectivity index (χ1) is 14.7. The normalized spacial score (nSPS) is 25.6. The predicted octanol–water partition coefficient (Wildman–Crippen LogP) is 3.59. The van der Waals surface area contributed by atoms with Crippen LogP contribution in [0.3, 0.4) is 0 Å². The molecule has 1 amide bonds. The fourth-order valence-corrected chi connectivity index (χ4v) is 4.88. The van der Waals surface area contributed by atoms with Gasteiger partial charge in [0.05, 0.1) is 24.6 Å². The molecule has 1 aromatic heterocycles. The van der Waals surface area contributed by atoms with Crippen molar-refractivity contribution in [2.24, 2.45) is 5.92 Å². The van der Waals surface area contributed by atoms with Crippen LogP contribution in [0.25, 0.3) is 0 Å². The van der Waals surface area contributed by atoms with E-state index in [1.54, 1.807) is 24.4 Å². The van der Waals surface area contributed by atoms with Crippen LogP contribution in [0, 0.1) is 5.92 Å². The summed E-state index contributed by atoms with van der Waals surface area (Å²) in [5.74, 6) is 0.683. The quantitative estimate of drug-likeness (QED) is 0.779. The molecular formula is C24H24N2O4. The Bertz CT molecular complexity index is 1000. The molecule has 0 N–H and O–H groups in total. The summed E-state index contributed by atoms with van der Waals surface area (Å²) in [5, 5.41) is 0. The van der Waals surface area contributed by atoms with Crippen molar-refractivity contribution in [2.45, 2.75) is 44.4 Å². The van der Waals surface area contributed by atoms with Crippen LogP contribution in [0.5, 0.6) is 5.75 Å². The Balaban J connectivity index is 1.57. The van der Waals surface area contributed by atoms with Crippen LogP contribution >= 0.6 is 0 Å². The second-order valence-electron chi connectivity index (χ2n) is 8.12. The molecule has 0 bridgehead atoms. The zero-order valence-electron chi connectivity index (χ0n) is 16.9. The molecule has 3 atom stereocenters. The lowest BCUT2D eigenvalue weighted by atomic mass is 9.77.